The summed E-state index contributed by atoms with van der Waals surface area (Å²) in [6.07, 6.45) is 28.5. The summed E-state index contributed by atoms with van der Waals surface area (Å²) >= 11 is 0. The molecule has 2 nitrogen and oxygen atoms in total. The Morgan fingerprint density at radius 1 is 0.575 bits per heavy atom. The first-order chi connectivity index (χ1) is 19.5. The van der Waals surface area contributed by atoms with Crippen molar-refractivity contribution in [3.8, 4) is 11.4 Å². The van der Waals surface area contributed by atoms with Crippen molar-refractivity contribution in [1.82, 2.24) is 0 Å². The molecule has 0 aliphatic heterocycles. The van der Waals surface area contributed by atoms with Gasteiger partial charge >= 0.3 is 0 Å². The zero-order valence-corrected chi connectivity index (χ0v) is 27.7. The van der Waals surface area contributed by atoms with E-state index in [1.54, 1.807) is 12.2 Å². The van der Waals surface area contributed by atoms with E-state index < -0.39 is 0 Å². The summed E-state index contributed by atoms with van der Waals surface area (Å²) in [5.74, 6) is 0. The second-order valence-electron chi connectivity index (χ2n) is 7.38. The molecular formula is C38H58N2+2. The predicted octanol–water partition coefficient (Wildman–Crippen LogP) is 10.5. The molecule has 2 heterocycles. The fourth-order valence-electron chi connectivity index (χ4n) is 3.26. The zero-order valence-electron chi connectivity index (χ0n) is 27.7. The van der Waals surface area contributed by atoms with Crippen LogP contribution in [0.15, 0.2) is 122 Å². The Balaban J connectivity index is -0.00000157. The molecule has 0 N–H and O–H groups in total. The van der Waals surface area contributed by atoms with E-state index in [-0.39, 0.29) is 0 Å². The van der Waals surface area contributed by atoms with Gasteiger partial charge in [-0.25, -0.2) is 0 Å². The van der Waals surface area contributed by atoms with Gasteiger partial charge in [0.25, 0.3) is 11.4 Å². The van der Waals surface area contributed by atoms with Gasteiger partial charge in [-0.3, -0.25) is 0 Å². The van der Waals surface area contributed by atoms with Crippen LogP contribution >= 0.6 is 0 Å². The molecule has 0 aromatic carbocycles. The highest BCUT2D eigenvalue weighted by molar-refractivity contribution is 5.62. The molecule has 2 aromatic heterocycles. The van der Waals surface area contributed by atoms with Gasteiger partial charge in [-0.2, -0.15) is 9.13 Å². The van der Waals surface area contributed by atoms with E-state index in [0.717, 1.165) is 33.7 Å². The molecule has 0 aliphatic carbocycles. The summed E-state index contributed by atoms with van der Waals surface area (Å²) in [7, 11) is 4.15. The van der Waals surface area contributed by atoms with Crippen molar-refractivity contribution >= 4 is 12.2 Å². The van der Waals surface area contributed by atoms with Gasteiger partial charge in [0, 0.05) is 24.3 Å². The van der Waals surface area contributed by atoms with E-state index in [0.29, 0.717) is 0 Å². The summed E-state index contributed by atoms with van der Waals surface area (Å²) in [4.78, 5) is 0. The SMILES string of the molecule is C=C/C=C(\C=C/C)/C=C/c1cc[n+](C)c(-c2cc(/C=C/C(/C=C\C)=C/C=C)cc[n+]2C)c1.CC.CC.CC.CC. The Bertz CT molecular complexity index is 1040. The highest BCUT2D eigenvalue weighted by Gasteiger charge is 2.19. The highest BCUT2D eigenvalue weighted by Crippen LogP contribution is 2.17. The maximum absolute atomic E-state index is 3.80. The lowest BCUT2D eigenvalue weighted by Gasteiger charge is -2.03. The lowest BCUT2D eigenvalue weighted by atomic mass is 10.1. The van der Waals surface area contributed by atoms with Crippen molar-refractivity contribution in [1.29, 1.82) is 0 Å². The quantitative estimate of drug-likeness (QED) is 0.220. The minimum absolute atomic E-state index is 1.11. The van der Waals surface area contributed by atoms with Crippen molar-refractivity contribution < 1.29 is 9.13 Å². The molecule has 0 bridgehead atoms. The number of rotatable bonds is 9. The Morgan fingerprint density at radius 3 is 1.18 bits per heavy atom. The molecule has 40 heavy (non-hydrogen) atoms. The van der Waals surface area contributed by atoms with Gasteiger partial charge in [0.05, 0.1) is 0 Å². The molecule has 0 aliphatic rings. The molecule has 0 atom stereocenters. The molecule has 2 rings (SSSR count). The van der Waals surface area contributed by atoms with E-state index in [1.165, 1.54) is 0 Å². The topological polar surface area (TPSA) is 7.76 Å². The second-order valence-corrected chi connectivity index (χ2v) is 7.38. The summed E-state index contributed by atoms with van der Waals surface area (Å²) in [6.45, 7) is 27.6. The summed E-state index contributed by atoms with van der Waals surface area (Å²) in [5, 5.41) is 0. The van der Waals surface area contributed by atoms with Crippen molar-refractivity contribution in [2.75, 3.05) is 0 Å². The Hall–Kier alpha value is -3.78. The third-order valence-corrected chi connectivity index (χ3v) is 4.89. The average Bonchev–Trinajstić information content (AvgIpc) is 3.00. The Morgan fingerprint density at radius 2 is 0.900 bits per heavy atom. The van der Waals surface area contributed by atoms with Crippen LogP contribution in [-0.2, 0) is 14.1 Å². The van der Waals surface area contributed by atoms with Crippen LogP contribution in [-0.4, -0.2) is 0 Å². The third-order valence-electron chi connectivity index (χ3n) is 4.89. The van der Waals surface area contributed by atoms with Crippen LogP contribution in [0.5, 0.6) is 0 Å². The molecule has 0 saturated carbocycles. The second kappa shape index (κ2) is 28.2. The lowest BCUT2D eigenvalue weighted by Crippen LogP contribution is -2.38. The lowest BCUT2D eigenvalue weighted by molar-refractivity contribution is -0.690. The summed E-state index contributed by atoms with van der Waals surface area (Å²) < 4.78 is 4.30. The Labute approximate surface area is 248 Å². The minimum Gasteiger partial charge on any atom is -0.196 e. The van der Waals surface area contributed by atoms with Gasteiger partial charge < -0.3 is 0 Å². The van der Waals surface area contributed by atoms with Crippen LogP contribution in [0.1, 0.15) is 80.4 Å². The smallest absolute Gasteiger partial charge is 0.196 e. The molecule has 0 amide bonds. The first kappa shape index (κ1) is 40.7. The predicted molar refractivity (Wildman–Crippen MR) is 184 cm³/mol. The summed E-state index contributed by atoms with van der Waals surface area (Å²) in [6, 6.07) is 8.66. The molecule has 0 radical (unpaired) electrons. The molecule has 0 spiro atoms. The van der Waals surface area contributed by atoms with Gasteiger partial charge in [0.1, 0.15) is 14.1 Å². The average molecular weight is 543 g/mol. The fourth-order valence-corrected chi connectivity index (χ4v) is 3.26. The minimum atomic E-state index is 1.11. The van der Waals surface area contributed by atoms with Crippen molar-refractivity contribution in [2.45, 2.75) is 69.2 Å². The van der Waals surface area contributed by atoms with Crippen LogP contribution in [0.4, 0.5) is 0 Å². The molecule has 0 unspecified atom stereocenters. The maximum atomic E-state index is 3.80. The van der Waals surface area contributed by atoms with Crippen LogP contribution < -0.4 is 9.13 Å². The largest absolute Gasteiger partial charge is 0.277 e. The number of allylic oxidation sites excluding steroid dienone is 12. The van der Waals surface area contributed by atoms with Gasteiger partial charge in [-0.05, 0) is 36.1 Å². The molecular weight excluding hydrogens is 484 g/mol. The van der Waals surface area contributed by atoms with Crippen molar-refractivity contribution in [2.24, 2.45) is 14.1 Å². The third kappa shape index (κ3) is 16.2. The molecule has 2 aromatic rings. The zero-order chi connectivity index (χ0) is 31.3. The molecule has 218 valence electrons. The van der Waals surface area contributed by atoms with Gasteiger partial charge in [0.15, 0.2) is 12.4 Å². The normalized spacial score (nSPS) is 11.1. The number of aromatic nitrogens is 2. The van der Waals surface area contributed by atoms with E-state index in [2.05, 4.69) is 110 Å². The maximum Gasteiger partial charge on any atom is 0.277 e. The fraction of sp³-hybridized carbons (Fsp3) is 0.316. The standard InChI is InChI=1S/C30H34N2.4C2H6/c1-7-11-25(12-8-2)15-17-27-19-21-31(5)29(23-27)30-24-28(20-22-32(30)6)18-16-26(13-9-3)14-10-4;4*1-2/h7-24H,1,3H2,2,4-6H3;4*1-2H3/q+2;;;;/b12-8-,14-10-,17-15+,18-16+,25-11+,26-13+;;;;. The highest BCUT2D eigenvalue weighted by atomic mass is 15.0. The van der Waals surface area contributed by atoms with Crippen LogP contribution in [0, 0.1) is 0 Å². The van der Waals surface area contributed by atoms with Gasteiger partial charge in [-0.1, -0.05) is 141 Å². The van der Waals surface area contributed by atoms with Crippen LogP contribution in [0.2, 0.25) is 0 Å². The first-order valence-electron chi connectivity index (χ1n) is 14.8. The number of nitrogens with zero attached hydrogens (tertiary/aromatic N) is 2. The number of hydrogen-bond donors (Lipinski definition) is 0. The van der Waals surface area contributed by atoms with Gasteiger partial charge in [0.2, 0.25) is 0 Å². The molecule has 2 heteroatoms. The summed E-state index contributed by atoms with van der Waals surface area (Å²) in [5.41, 5.74) is 6.78. The molecule has 0 saturated heterocycles. The van der Waals surface area contributed by atoms with Gasteiger partial charge in [-0.15, -0.1) is 0 Å². The number of hydrogen-bond acceptors (Lipinski definition) is 0. The number of aryl methyl sites for hydroxylation is 2. The monoisotopic (exact) mass is 542 g/mol. The van der Waals surface area contributed by atoms with E-state index in [9.17, 15) is 0 Å². The van der Waals surface area contributed by atoms with E-state index in [1.807, 2.05) is 93.5 Å². The van der Waals surface area contributed by atoms with E-state index in [4.69, 9.17) is 0 Å². The van der Waals surface area contributed by atoms with Crippen LogP contribution in [0.3, 0.4) is 0 Å². The number of pyridine rings is 2. The first-order valence-corrected chi connectivity index (χ1v) is 14.8. The molecule has 0 fully saturated rings. The van der Waals surface area contributed by atoms with Crippen molar-refractivity contribution in [3.05, 3.63) is 133 Å². The van der Waals surface area contributed by atoms with Crippen molar-refractivity contribution in [3.63, 3.8) is 0 Å². The van der Waals surface area contributed by atoms with Crippen LogP contribution in [0.25, 0.3) is 23.5 Å². The Kier molecular flexibility index (Phi) is 28.7. The van der Waals surface area contributed by atoms with E-state index >= 15 is 0 Å².